The Morgan fingerprint density at radius 1 is 0.807 bits per heavy atom. The van der Waals surface area contributed by atoms with E-state index in [1.165, 1.54) is 62.3 Å². The molecule has 448 valence electrons. The largest absolute Gasteiger partial charge is 0.478 e. The van der Waals surface area contributed by atoms with Gasteiger partial charge in [0.1, 0.15) is 22.2 Å². The fraction of sp³-hybridized carbons (Fsp3) is 0.295. The molecule has 0 bridgehead atoms. The van der Waals surface area contributed by atoms with Gasteiger partial charge in [-0.25, -0.2) is 54.7 Å². The van der Waals surface area contributed by atoms with E-state index < -0.39 is 115 Å². The van der Waals surface area contributed by atoms with E-state index >= 15 is 0 Å². The van der Waals surface area contributed by atoms with Gasteiger partial charge in [0.25, 0.3) is 20.0 Å². The molecule has 0 fully saturated rings. The van der Waals surface area contributed by atoms with Gasteiger partial charge in [0, 0.05) is 24.4 Å². The van der Waals surface area contributed by atoms with E-state index in [9.17, 15) is 75.9 Å². The number of methoxy groups -OCH3 is 2. The van der Waals surface area contributed by atoms with Crippen molar-refractivity contribution in [2.75, 3.05) is 30.6 Å². The lowest BCUT2D eigenvalue weighted by Crippen LogP contribution is -2.35. The number of aryl methyl sites for hydroxylation is 2. The SMILES string of the molecule is COC(=O)CSc1cc(N=c2sc(=O)n3n2CCCC3)c(F)cc1Cl.COc1nc(C)nc(NC(=O)NS(=O)(=O)c2ccccc2CCC(F)(F)F)n1.O=C(Nc1nc(OC(F)F)cc(OC(F)F)n1)NS(=O)(=O)c1ccccc1C(=O)O. The summed E-state index contributed by atoms with van der Waals surface area (Å²) in [6, 6.07) is 9.68. The van der Waals surface area contributed by atoms with Crippen LogP contribution in [0.2, 0.25) is 5.02 Å². The van der Waals surface area contributed by atoms with Crippen LogP contribution in [0.3, 0.4) is 0 Å². The number of nitrogens with one attached hydrogen (secondary N) is 4. The summed E-state index contributed by atoms with van der Waals surface area (Å²) >= 11 is 8.17. The number of carbonyl (C=O) groups is 4. The first-order valence-corrected chi connectivity index (χ1v) is 27.9. The minimum atomic E-state index is -4.71. The molecule has 26 nitrogen and oxygen atoms in total. The number of thioether (sulfide) groups is 1. The van der Waals surface area contributed by atoms with Gasteiger partial charge in [-0.15, -0.1) is 11.8 Å². The van der Waals surface area contributed by atoms with Crippen LogP contribution in [0.4, 0.5) is 62.3 Å². The van der Waals surface area contributed by atoms with Crippen LogP contribution in [-0.4, -0.2) is 120 Å². The van der Waals surface area contributed by atoms with Gasteiger partial charge < -0.3 is 24.1 Å². The molecule has 7 rings (SSSR count). The number of rotatable bonds is 18. The number of halogens is 9. The van der Waals surface area contributed by atoms with Crippen LogP contribution in [0.15, 0.2) is 91.2 Å². The number of hydrogen-bond acceptors (Lipinski definition) is 21. The topological polar surface area (TPSA) is 346 Å². The van der Waals surface area contributed by atoms with Crippen LogP contribution in [0, 0.1) is 12.7 Å². The van der Waals surface area contributed by atoms with E-state index in [1.54, 1.807) is 19.4 Å². The first-order chi connectivity index (χ1) is 39.0. The Labute approximate surface area is 475 Å². The van der Waals surface area contributed by atoms with E-state index in [1.807, 2.05) is 0 Å². The summed E-state index contributed by atoms with van der Waals surface area (Å²) < 4.78 is 174. The summed E-state index contributed by atoms with van der Waals surface area (Å²) in [6.45, 7) is -3.99. The molecule has 6 aromatic rings. The number of amides is 4. The molecule has 39 heteroatoms. The van der Waals surface area contributed by atoms with Crippen molar-refractivity contribution in [2.45, 2.75) is 79.8 Å². The van der Waals surface area contributed by atoms with Crippen molar-refractivity contribution < 1.29 is 95.2 Å². The van der Waals surface area contributed by atoms with Crippen LogP contribution in [0.25, 0.3) is 0 Å². The molecule has 0 unspecified atom stereocenters. The number of fused-ring (bicyclic) bond motifs is 1. The number of carboxylic acid groups (broad SMARTS) is 1. The minimum Gasteiger partial charge on any atom is -0.478 e. The highest BCUT2D eigenvalue weighted by Gasteiger charge is 2.30. The van der Waals surface area contributed by atoms with E-state index in [0.717, 1.165) is 60.2 Å². The highest BCUT2D eigenvalue weighted by molar-refractivity contribution is 8.00. The lowest BCUT2D eigenvalue weighted by atomic mass is 10.1. The number of nitrogens with zero attached hydrogens (tertiary/aromatic N) is 8. The average Bonchev–Trinajstić information content (AvgIpc) is 4.02. The van der Waals surface area contributed by atoms with Crippen LogP contribution in [0.1, 0.15) is 41.0 Å². The number of carbonyl (C=O) groups excluding carboxylic acids is 3. The Hall–Kier alpha value is -8.23. The van der Waals surface area contributed by atoms with E-state index in [-0.39, 0.29) is 44.7 Å². The Bertz CT molecular complexity index is 3680. The van der Waals surface area contributed by atoms with Crippen molar-refractivity contribution in [3.63, 3.8) is 0 Å². The molecule has 3 aromatic heterocycles. The van der Waals surface area contributed by atoms with Gasteiger partial charge in [0.05, 0.1) is 41.5 Å². The Balaban J connectivity index is 0.000000229. The fourth-order valence-corrected chi connectivity index (χ4v) is 10.8. The molecule has 0 atom stereocenters. The number of benzene rings is 3. The number of anilines is 2. The second kappa shape index (κ2) is 29.1. The number of alkyl halides is 7. The van der Waals surface area contributed by atoms with Crippen molar-refractivity contribution in [3.8, 4) is 17.8 Å². The molecular formula is C44H41ClF8N12O14S4. The third-order valence-electron chi connectivity index (χ3n) is 9.94. The van der Waals surface area contributed by atoms with Crippen LogP contribution in [0.5, 0.6) is 17.8 Å². The highest BCUT2D eigenvalue weighted by Crippen LogP contribution is 2.33. The number of carboxylic acids is 1. The van der Waals surface area contributed by atoms with Crippen molar-refractivity contribution in [3.05, 3.63) is 109 Å². The maximum absolute atomic E-state index is 14.3. The van der Waals surface area contributed by atoms with Gasteiger partial charge in [-0.05, 0) is 73.4 Å². The summed E-state index contributed by atoms with van der Waals surface area (Å²) in [5.41, 5.74) is -0.633. The van der Waals surface area contributed by atoms with Gasteiger partial charge in [0.15, 0.2) is 0 Å². The molecule has 0 spiro atoms. The number of aromatic nitrogens is 7. The van der Waals surface area contributed by atoms with E-state index in [2.05, 4.69) is 49.4 Å². The van der Waals surface area contributed by atoms with Gasteiger partial charge >= 0.3 is 54.3 Å². The zero-order chi connectivity index (χ0) is 61.4. The minimum absolute atomic E-state index is 0.0605. The van der Waals surface area contributed by atoms with Gasteiger partial charge in [0.2, 0.25) is 28.5 Å². The van der Waals surface area contributed by atoms with Crippen LogP contribution < -0.4 is 44.0 Å². The monoisotopic (exact) mass is 1280 g/mol. The standard InChI is InChI=1S/C15H15ClFN3O3S2.C15H16F3N5O4S.C14H10F4N4O7S/c1-23-13(21)8-24-12-7-11(10(17)6-9(12)16)18-14-19-4-2-3-5-20(19)15(22)25-14;1-9-19-12(22-14(20-9)27-2)21-13(24)23-28(25,26)11-6-4-3-5-10(11)7-8-15(16,17)18;15-11(16)28-8-5-9(29-12(17)18)20-13(19-8)21-14(25)22-30(26,27)7-4-2-1-3-6(7)10(23)24/h6-7H,2-5,8H2,1H3;3-6H,7-8H2,1-2H3,(H2,19,20,21,22,23,24);1-5,11-12H,(H,23,24)(H2,19,20,21,22,25). The summed E-state index contributed by atoms with van der Waals surface area (Å²) in [5, 5.41) is 13.0. The van der Waals surface area contributed by atoms with Gasteiger partial charge in [-0.2, -0.15) is 55.7 Å². The summed E-state index contributed by atoms with van der Waals surface area (Å²) in [4.78, 5) is 80.3. The van der Waals surface area contributed by atoms with E-state index in [4.69, 9.17) is 21.4 Å². The fourth-order valence-electron chi connectivity index (χ4n) is 6.53. The lowest BCUT2D eigenvalue weighted by Gasteiger charge is -2.15. The number of urea groups is 2. The number of esters is 1. The predicted molar refractivity (Wildman–Crippen MR) is 274 cm³/mol. The van der Waals surface area contributed by atoms with Gasteiger partial charge in [-0.1, -0.05) is 41.9 Å². The quantitative estimate of drug-likeness (QED) is 0.0332. The smallest absolute Gasteiger partial charge is 0.389 e. The normalized spacial score (nSPS) is 12.4. The molecule has 5 N–H and O–H groups in total. The van der Waals surface area contributed by atoms with E-state index in [0.29, 0.717) is 28.9 Å². The zero-order valence-corrected chi connectivity index (χ0v) is 46.3. The molecule has 3 aromatic carbocycles. The third-order valence-corrected chi connectivity index (χ3v) is 15.1. The van der Waals surface area contributed by atoms with Crippen molar-refractivity contribution >= 4 is 96.3 Å². The summed E-state index contributed by atoms with van der Waals surface area (Å²) in [6.07, 6.45) is -4.30. The second-order valence-corrected chi connectivity index (χ2v) is 21.4. The third kappa shape index (κ3) is 20.0. The molecule has 0 saturated heterocycles. The Morgan fingerprint density at radius 2 is 1.36 bits per heavy atom. The number of sulfonamides is 2. The molecule has 0 saturated carbocycles. The number of aromatic carboxylic acids is 1. The molecule has 83 heavy (non-hydrogen) atoms. The van der Waals surface area contributed by atoms with Gasteiger partial charge in [-0.3, -0.25) is 24.9 Å². The second-order valence-electron chi connectivity index (χ2n) is 15.8. The van der Waals surface area contributed by atoms with Crippen molar-refractivity contribution in [1.82, 2.24) is 43.7 Å². The van der Waals surface area contributed by atoms with Crippen molar-refractivity contribution in [1.29, 1.82) is 0 Å². The Kier molecular flexibility index (Phi) is 23.0. The molecule has 4 amide bonds. The average molecular weight is 1280 g/mol. The number of ether oxygens (including phenoxy) is 4. The maximum Gasteiger partial charge on any atom is 0.389 e. The molecule has 0 aliphatic carbocycles. The molecular weight excluding hydrogens is 1240 g/mol. The van der Waals surface area contributed by atoms with Crippen LogP contribution in [-0.2, 0) is 49.1 Å². The lowest BCUT2D eigenvalue weighted by molar-refractivity contribution is -0.137. The molecule has 1 aliphatic heterocycles. The summed E-state index contributed by atoms with van der Waals surface area (Å²) in [5.74, 6) is -5.43. The summed E-state index contributed by atoms with van der Waals surface area (Å²) in [7, 11) is -6.56. The van der Waals surface area contributed by atoms with Crippen LogP contribution >= 0.6 is 34.7 Å². The number of hydrogen-bond donors (Lipinski definition) is 5. The predicted octanol–water partition coefficient (Wildman–Crippen LogP) is 6.88. The molecule has 0 radical (unpaired) electrons. The molecule has 4 heterocycles. The Morgan fingerprint density at radius 3 is 1.93 bits per heavy atom. The molecule has 1 aliphatic rings. The van der Waals surface area contributed by atoms with Crippen molar-refractivity contribution in [2.24, 2.45) is 4.99 Å². The zero-order valence-electron chi connectivity index (χ0n) is 42.3. The highest BCUT2D eigenvalue weighted by atomic mass is 35.5. The first-order valence-electron chi connectivity index (χ1n) is 22.7. The maximum atomic E-state index is 14.3. The first kappa shape index (κ1) is 65.6.